The Morgan fingerprint density at radius 1 is 1.53 bits per heavy atom. The van der Waals surface area contributed by atoms with Gasteiger partial charge in [0.05, 0.1) is 0 Å². The lowest BCUT2D eigenvalue weighted by Gasteiger charge is -2.24. The topological polar surface area (TPSA) is 66.8 Å². The largest absolute Gasteiger partial charge is 0.476 e. The van der Waals surface area contributed by atoms with Crippen LogP contribution in [0.1, 0.15) is 0 Å². The molecule has 0 spiro atoms. The van der Waals surface area contributed by atoms with Gasteiger partial charge in [0.1, 0.15) is 17.6 Å². The van der Waals surface area contributed by atoms with Gasteiger partial charge in [0.2, 0.25) is 0 Å². The van der Waals surface area contributed by atoms with E-state index in [1.807, 2.05) is 0 Å². The summed E-state index contributed by atoms with van der Waals surface area (Å²) < 4.78 is 4.87. The van der Waals surface area contributed by atoms with Crippen molar-refractivity contribution in [1.29, 1.82) is 0 Å². The Morgan fingerprint density at radius 3 is 3.07 bits per heavy atom. The van der Waals surface area contributed by atoms with Crippen molar-refractivity contribution in [2.24, 2.45) is 0 Å². The summed E-state index contributed by atoms with van der Waals surface area (Å²) in [7, 11) is 0. The van der Waals surface area contributed by atoms with E-state index in [0.717, 1.165) is 11.2 Å². The Bertz CT molecular complexity index is 410. The fourth-order valence-corrected chi connectivity index (χ4v) is 2.01. The molecule has 2 aliphatic heterocycles. The molecule has 2 heterocycles. The number of hydrogen-bond donors (Lipinski definition) is 1. The van der Waals surface area contributed by atoms with E-state index in [9.17, 15) is 9.59 Å². The third kappa shape index (κ3) is 1.75. The highest BCUT2D eigenvalue weighted by Crippen LogP contribution is 2.30. The molecule has 0 unspecified atom stereocenters. The van der Waals surface area contributed by atoms with Crippen LogP contribution in [0.3, 0.4) is 0 Å². The van der Waals surface area contributed by atoms with Crippen LogP contribution in [-0.2, 0) is 14.3 Å². The molecule has 2 aliphatic rings. The third-order valence-corrected chi connectivity index (χ3v) is 2.77. The Labute approximate surface area is 89.7 Å². The maximum absolute atomic E-state index is 11.6. The maximum atomic E-state index is 11.6. The number of carbonyl (C=O) groups is 2. The van der Waals surface area contributed by atoms with E-state index >= 15 is 0 Å². The van der Waals surface area contributed by atoms with Gasteiger partial charge in [-0.05, 0) is 0 Å². The van der Waals surface area contributed by atoms with E-state index in [1.165, 1.54) is 24.1 Å². The second-order valence-electron chi connectivity index (χ2n) is 2.79. The molecule has 5 nitrogen and oxygen atoms in total. The summed E-state index contributed by atoms with van der Waals surface area (Å²) in [6, 6.07) is 0. The molecule has 0 aromatic rings. The number of nitrogens with zero attached hydrogens (tertiary/aromatic N) is 1. The number of carboxylic acids is 1. The molecule has 1 amide bonds. The minimum atomic E-state index is -1.19. The fourth-order valence-electron chi connectivity index (χ4n) is 1.21. The van der Waals surface area contributed by atoms with Gasteiger partial charge in [0, 0.05) is 11.8 Å². The molecule has 6 heteroatoms. The first kappa shape index (κ1) is 9.85. The molecule has 15 heavy (non-hydrogen) atoms. The highest BCUT2D eigenvalue weighted by Gasteiger charge is 2.30. The zero-order valence-corrected chi connectivity index (χ0v) is 8.36. The molecule has 0 saturated carbocycles. The molecule has 1 N–H and O–H groups in total. The highest BCUT2D eigenvalue weighted by atomic mass is 32.2. The van der Waals surface area contributed by atoms with Gasteiger partial charge >= 0.3 is 5.97 Å². The van der Waals surface area contributed by atoms with Crippen LogP contribution < -0.4 is 0 Å². The van der Waals surface area contributed by atoms with Gasteiger partial charge in [0.15, 0.2) is 5.70 Å². The van der Waals surface area contributed by atoms with Gasteiger partial charge in [0.25, 0.3) is 5.91 Å². The Balaban J connectivity index is 2.39. The van der Waals surface area contributed by atoms with Gasteiger partial charge in [-0.25, -0.2) is 4.79 Å². The Morgan fingerprint density at radius 2 is 2.33 bits per heavy atom. The van der Waals surface area contributed by atoms with Crippen molar-refractivity contribution >= 4 is 23.6 Å². The number of carbonyl (C=O) groups excluding carboxylic acids is 1. The van der Waals surface area contributed by atoms with Crippen LogP contribution in [0, 0.1) is 0 Å². The molecule has 0 fully saturated rings. The fraction of sp³-hybridized carbons (Fsp3) is 0.111. The van der Waals surface area contributed by atoms with Crippen LogP contribution >= 0.6 is 11.8 Å². The number of rotatable bonds is 1. The number of fused-ring (bicyclic) bond motifs is 1. The molecule has 0 aliphatic carbocycles. The Kier molecular flexibility index (Phi) is 2.51. The lowest BCUT2D eigenvalue weighted by atomic mass is 10.3. The van der Waals surface area contributed by atoms with E-state index in [-0.39, 0.29) is 11.6 Å². The lowest BCUT2D eigenvalue weighted by Crippen LogP contribution is -2.32. The van der Waals surface area contributed by atoms with Crippen molar-refractivity contribution in [2.45, 2.75) is 0 Å². The third-order valence-electron chi connectivity index (χ3n) is 1.84. The van der Waals surface area contributed by atoms with Crippen LogP contribution in [0.5, 0.6) is 0 Å². The lowest BCUT2D eigenvalue weighted by molar-refractivity contribution is -0.137. The molecule has 0 radical (unpaired) electrons. The van der Waals surface area contributed by atoms with Crippen molar-refractivity contribution in [3.05, 3.63) is 35.4 Å². The van der Waals surface area contributed by atoms with Crippen LogP contribution in [0.25, 0.3) is 0 Å². The second kappa shape index (κ2) is 3.82. The Hall–Kier alpha value is -1.69. The van der Waals surface area contributed by atoms with Gasteiger partial charge in [-0.1, -0.05) is 6.08 Å². The zero-order chi connectivity index (χ0) is 10.8. The standard InChI is InChI=1S/C9H7NO4S/c11-7-2-1-3-15-8-5-14-4-6(9(12)13)10(7)8/h1-2,4-5H,3H2,(H,12,13). The summed E-state index contributed by atoms with van der Waals surface area (Å²) in [5.74, 6) is -0.947. The maximum Gasteiger partial charge on any atom is 0.356 e. The smallest absolute Gasteiger partial charge is 0.356 e. The van der Waals surface area contributed by atoms with Crippen molar-refractivity contribution in [1.82, 2.24) is 4.90 Å². The van der Waals surface area contributed by atoms with Gasteiger partial charge in [-0.15, -0.1) is 11.8 Å². The quantitative estimate of drug-likeness (QED) is 0.717. The van der Waals surface area contributed by atoms with Crippen molar-refractivity contribution in [3.8, 4) is 0 Å². The number of amides is 1. The van der Waals surface area contributed by atoms with E-state index in [1.54, 1.807) is 6.08 Å². The summed E-state index contributed by atoms with van der Waals surface area (Å²) in [6.07, 6.45) is 5.45. The molecule has 0 aromatic heterocycles. The van der Waals surface area contributed by atoms with Crippen molar-refractivity contribution in [2.75, 3.05) is 5.75 Å². The summed E-state index contributed by atoms with van der Waals surface area (Å²) in [6.45, 7) is 0. The number of hydrogen-bond acceptors (Lipinski definition) is 4. The molecule has 0 saturated heterocycles. The summed E-state index contributed by atoms with van der Waals surface area (Å²) in [5, 5.41) is 9.37. The molecule has 78 valence electrons. The molecule has 0 aromatic carbocycles. The number of carboxylic acid groups (broad SMARTS) is 1. The molecular weight excluding hydrogens is 218 g/mol. The van der Waals surface area contributed by atoms with Crippen LogP contribution in [0.4, 0.5) is 0 Å². The van der Waals surface area contributed by atoms with Crippen molar-refractivity contribution < 1.29 is 19.4 Å². The summed E-state index contributed by atoms with van der Waals surface area (Å²) >= 11 is 1.34. The first-order valence-corrected chi connectivity index (χ1v) is 5.11. The average molecular weight is 225 g/mol. The zero-order valence-electron chi connectivity index (χ0n) is 7.54. The van der Waals surface area contributed by atoms with Gasteiger partial charge < -0.3 is 9.84 Å². The number of aliphatic carboxylic acids is 1. The van der Waals surface area contributed by atoms with Gasteiger partial charge in [-0.3, -0.25) is 9.69 Å². The second-order valence-corrected chi connectivity index (χ2v) is 3.83. The first-order valence-electron chi connectivity index (χ1n) is 4.12. The van der Waals surface area contributed by atoms with Crippen LogP contribution in [0.2, 0.25) is 0 Å². The van der Waals surface area contributed by atoms with E-state index in [2.05, 4.69) is 0 Å². The average Bonchev–Trinajstić information content (AvgIpc) is 2.40. The summed E-state index contributed by atoms with van der Waals surface area (Å²) in [5.41, 5.74) is -0.170. The normalized spacial score (nSPS) is 19.7. The van der Waals surface area contributed by atoms with E-state index in [4.69, 9.17) is 9.84 Å². The van der Waals surface area contributed by atoms with Crippen LogP contribution in [-0.4, -0.2) is 27.6 Å². The minimum absolute atomic E-state index is 0.170. The van der Waals surface area contributed by atoms with E-state index < -0.39 is 5.97 Å². The minimum Gasteiger partial charge on any atom is -0.476 e. The highest BCUT2D eigenvalue weighted by molar-refractivity contribution is 8.03. The predicted molar refractivity (Wildman–Crippen MR) is 53.3 cm³/mol. The SMILES string of the molecule is O=C(O)C1=COC=C2SCC=CC(=O)N21. The monoisotopic (exact) mass is 225 g/mol. The molecule has 2 rings (SSSR count). The van der Waals surface area contributed by atoms with Crippen LogP contribution in [0.15, 0.2) is 35.4 Å². The van der Waals surface area contributed by atoms with Crippen molar-refractivity contribution in [3.63, 3.8) is 0 Å². The van der Waals surface area contributed by atoms with Gasteiger partial charge in [-0.2, -0.15) is 0 Å². The summed E-state index contributed by atoms with van der Waals surface area (Å²) in [4.78, 5) is 23.6. The first-order chi connectivity index (χ1) is 7.20. The molecule has 0 atom stereocenters. The number of thioether (sulfide) groups is 1. The predicted octanol–water partition coefficient (Wildman–Crippen LogP) is 0.873. The molecule has 0 bridgehead atoms. The molecular formula is C9H7NO4S. The number of ether oxygens (including phenoxy) is 1. The van der Waals surface area contributed by atoms with E-state index in [0.29, 0.717) is 10.8 Å².